The summed E-state index contributed by atoms with van der Waals surface area (Å²) in [4.78, 5) is 16.2. The first-order chi connectivity index (χ1) is 16.5. The molecule has 0 aliphatic carbocycles. The molecule has 10 heteroatoms. The van der Waals surface area contributed by atoms with Crippen molar-refractivity contribution in [3.63, 3.8) is 0 Å². The molecule has 0 spiro atoms. The maximum atomic E-state index is 13.8. The molecule has 7 nitrogen and oxygen atoms in total. The van der Waals surface area contributed by atoms with Crippen molar-refractivity contribution in [3.05, 3.63) is 59.7 Å². The van der Waals surface area contributed by atoms with Crippen LogP contribution in [-0.4, -0.2) is 37.8 Å². The number of aliphatic hydroxyl groups excluding tert-OH is 1. The van der Waals surface area contributed by atoms with Crippen LogP contribution < -0.4 is 5.32 Å². The molecule has 1 amide bonds. The molecule has 1 aromatic heterocycles. The Morgan fingerprint density at radius 3 is 2.46 bits per heavy atom. The van der Waals surface area contributed by atoms with Gasteiger partial charge in [-0.15, -0.1) is 23.1 Å². The molecule has 0 unspecified atom stereocenters. The molecule has 0 aliphatic rings. The van der Waals surface area contributed by atoms with Gasteiger partial charge in [-0.1, -0.05) is 36.4 Å². The molecule has 0 bridgehead atoms. The lowest BCUT2D eigenvalue weighted by Gasteiger charge is -2.18. The molecule has 0 radical (unpaired) electrons. The number of carbonyl (C=O) groups excluding carboxylic acids is 1. The molecule has 186 valence electrons. The van der Waals surface area contributed by atoms with E-state index in [1.165, 1.54) is 41.6 Å². The number of aryl methyl sites for hydroxylation is 1. The highest BCUT2D eigenvalue weighted by molar-refractivity contribution is 8.01. The quantitative estimate of drug-likeness (QED) is 0.221. The zero-order valence-corrected chi connectivity index (χ0v) is 22.6. The van der Waals surface area contributed by atoms with Gasteiger partial charge in [0, 0.05) is 5.56 Å². The smallest absolute Gasteiger partial charge is 0.412 e. The largest absolute Gasteiger partial charge is 0.444 e. The summed E-state index contributed by atoms with van der Waals surface area (Å²) < 4.78 is 33.2. The standard InChI is InChI=1S/C25H28N2O5S3/c1-16-9-6-7-10-17(16)18-11-8-12-20(19(18)14-28)35(30,31)21-13-22(34-23(21)33-5)26-15-27-24(29)32-25(2,3)4/h6-13,15,28H,14H2,1-5H3,(H,26,27,29). The number of thiophene rings is 1. The van der Waals surface area contributed by atoms with Gasteiger partial charge in [0.15, 0.2) is 0 Å². The van der Waals surface area contributed by atoms with Crippen LogP contribution in [0.25, 0.3) is 11.1 Å². The molecule has 3 rings (SSSR count). The number of benzene rings is 2. The highest BCUT2D eigenvalue weighted by atomic mass is 32.2. The summed E-state index contributed by atoms with van der Waals surface area (Å²) >= 11 is 2.49. The number of thioether (sulfide) groups is 1. The Hall–Kier alpha value is -2.66. The van der Waals surface area contributed by atoms with Gasteiger partial charge in [0.05, 0.1) is 26.9 Å². The number of amides is 1. The van der Waals surface area contributed by atoms with Crippen molar-refractivity contribution in [1.82, 2.24) is 5.32 Å². The molecular weight excluding hydrogens is 504 g/mol. The van der Waals surface area contributed by atoms with Crippen molar-refractivity contribution < 1.29 is 23.1 Å². The number of sulfone groups is 1. The van der Waals surface area contributed by atoms with E-state index >= 15 is 0 Å². The molecule has 0 aliphatic heterocycles. The number of nitrogens with zero attached hydrogens (tertiary/aromatic N) is 1. The van der Waals surface area contributed by atoms with Gasteiger partial charge in [-0.25, -0.2) is 18.2 Å². The van der Waals surface area contributed by atoms with E-state index in [1.54, 1.807) is 33.1 Å². The lowest BCUT2D eigenvalue weighted by molar-refractivity contribution is 0.0565. The molecule has 0 atom stereocenters. The van der Waals surface area contributed by atoms with E-state index in [0.717, 1.165) is 11.1 Å². The second-order valence-corrected chi connectivity index (χ2v) is 12.6. The van der Waals surface area contributed by atoms with Gasteiger partial charge in [0.2, 0.25) is 9.84 Å². The summed E-state index contributed by atoms with van der Waals surface area (Å²) in [6.45, 7) is 6.76. The zero-order valence-electron chi connectivity index (χ0n) is 20.2. The second kappa shape index (κ2) is 10.9. The van der Waals surface area contributed by atoms with Crippen LogP contribution in [0.1, 0.15) is 31.9 Å². The van der Waals surface area contributed by atoms with E-state index in [0.29, 0.717) is 20.3 Å². The average Bonchev–Trinajstić information content (AvgIpc) is 3.22. The Morgan fingerprint density at radius 2 is 1.83 bits per heavy atom. The van der Waals surface area contributed by atoms with Crippen LogP contribution in [0.3, 0.4) is 0 Å². The second-order valence-electron chi connectivity index (χ2n) is 8.60. The molecule has 35 heavy (non-hydrogen) atoms. The Balaban J connectivity index is 1.99. The number of carbonyl (C=O) groups is 1. The number of alkyl carbamates (subject to hydrolysis) is 1. The zero-order chi connectivity index (χ0) is 25.8. The minimum Gasteiger partial charge on any atom is -0.444 e. The molecule has 0 saturated carbocycles. The summed E-state index contributed by atoms with van der Waals surface area (Å²) in [5, 5.41) is 13.0. The number of ether oxygens (including phenoxy) is 1. The predicted molar refractivity (Wildman–Crippen MR) is 142 cm³/mol. The summed E-state index contributed by atoms with van der Waals surface area (Å²) in [6.07, 6.45) is 2.31. The van der Waals surface area contributed by atoms with E-state index in [4.69, 9.17) is 4.74 Å². The predicted octanol–water partition coefficient (Wildman–Crippen LogP) is 5.96. The van der Waals surface area contributed by atoms with Crippen molar-refractivity contribution in [2.24, 2.45) is 4.99 Å². The lowest BCUT2D eigenvalue weighted by Crippen LogP contribution is -2.31. The van der Waals surface area contributed by atoms with Crippen LogP contribution in [0.4, 0.5) is 9.80 Å². The summed E-state index contributed by atoms with van der Waals surface area (Å²) in [5.74, 6) is 0. The fraction of sp³-hybridized carbons (Fsp3) is 0.280. The third-order valence-corrected chi connectivity index (χ3v) is 9.22. The Morgan fingerprint density at radius 1 is 1.14 bits per heavy atom. The van der Waals surface area contributed by atoms with Crippen LogP contribution in [0, 0.1) is 6.92 Å². The topological polar surface area (TPSA) is 105 Å². The van der Waals surface area contributed by atoms with Crippen LogP contribution in [0.15, 0.2) is 67.5 Å². The van der Waals surface area contributed by atoms with Crippen molar-refractivity contribution in [3.8, 4) is 11.1 Å². The third-order valence-electron chi connectivity index (χ3n) is 4.92. The Labute approximate surface area is 214 Å². The highest BCUT2D eigenvalue weighted by Crippen LogP contribution is 2.42. The van der Waals surface area contributed by atoms with Gasteiger partial charge >= 0.3 is 6.09 Å². The minimum atomic E-state index is -3.97. The maximum absolute atomic E-state index is 13.8. The SMILES string of the molecule is CSc1sc(N=CNC(=O)OC(C)(C)C)cc1S(=O)(=O)c1cccc(-c2ccccc2C)c1CO. The first kappa shape index (κ1) is 26.9. The number of hydrogen-bond acceptors (Lipinski definition) is 8. The van der Waals surface area contributed by atoms with Crippen LogP contribution >= 0.6 is 23.1 Å². The number of aliphatic imine (C=N–C) groups is 1. The number of aliphatic hydroxyl groups is 1. The summed E-state index contributed by atoms with van der Waals surface area (Å²) in [7, 11) is -3.97. The molecule has 1 heterocycles. The normalized spacial score (nSPS) is 12.2. The third kappa shape index (κ3) is 6.32. The molecule has 3 aromatic rings. The van der Waals surface area contributed by atoms with Gasteiger partial charge < -0.3 is 9.84 Å². The van der Waals surface area contributed by atoms with Gasteiger partial charge in [-0.3, -0.25) is 5.32 Å². The first-order valence-electron chi connectivity index (χ1n) is 10.7. The van der Waals surface area contributed by atoms with E-state index in [1.807, 2.05) is 37.3 Å². The van der Waals surface area contributed by atoms with E-state index in [-0.39, 0.29) is 9.79 Å². The molecule has 2 aromatic carbocycles. The number of rotatable bonds is 7. The van der Waals surface area contributed by atoms with E-state index < -0.39 is 28.1 Å². The first-order valence-corrected chi connectivity index (χ1v) is 14.2. The molecule has 0 saturated heterocycles. The van der Waals surface area contributed by atoms with Crippen LogP contribution in [0.2, 0.25) is 0 Å². The monoisotopic (exact) mass is 532 g/mol. The van der Waals surface area contributed by atoms with Crippen LogP contribution in [0.5, 0.6) is 0 Å². The molecular formula is C25H28N2O5S3. The minimum absolute atomic E-state index is 0.0521. The fourth-order valence-corrected chi connectivity index (χ4v) is 7.49. The van der Waals surface area contributed by atoms with Crippen molar-refractivity contribution in [2.45, 2.75) is 53.9 Å². The fourth-order valence-electron chi connectivity index (χ4n) is 3.42. The number of nitrogens with one attached hydrogen (secondary N) is 1. The van der Waals surface area contributed by atoms with Crippen molar-refractivity contribution in [1.29, 1.82) is 0 Å². The van der Waals surface area contributed by atoms with Crippen molar-refractivity contribution >= 4 is 50.4 Å². The summed E-state index contributed by atoms with van der Waals surface area (Å²) in [6, 6.07) is 14.1. The Bertz CT molecular complexity index is 1360. The highest BCUT2D eigenvalue weighted by Gasteiger charge is 2.28. The summed E-state index contributed by atoms with van der Waals surface area (Å²) in [5.41, 5.74) is 2.21. The van der Waals surface area contributed by atoms with Gasteiger partial charge in [0.1, 0.15) is 10.6 Å². The van der Waals surface area contributed by atoms with E-state index in [9.17, 15) is 18.3 Å². The molecule has 0 fully saturated rings. The average molecular weight is 533 g/mol. The molecule has 2 N–H and O–H groups in total. The van der Waals surface area contributed by atoms with Crippen LogP contribution in [-0.2, 0) is 21.2 Å². The number of hydrogen-bond donors (Lipinski definition) is 2. The lowest BCUT2D eigenvalue weighted by atomic mass is 9.96. The van der Waals surface area contributed by atoms with Gasteiger partial charge in [0.25, 0.3) is 0 Å². The van der Waals surface area contributed by atoms with Gasteiger partial charge in [-0.2, -0.15) is 0 Å². The van der Waals surface area contributed by atoms with Crippen molar-refractivity contribution in [2.75, 3.05) is 6.26 Å². The maximum Gasteiger partial charge on any atom is 0.412 e. The van der Waals surface area contributed by atoms with E-state index in [2.05, 4.69) is 10.3 Å². The van der Waals surface area contributed by atoms with Gasteiger partial charge in [-0.05, 0) is 62.8 Å². The Kier molecular flexibility index (Phi) is 8.42.